The molecule has 0 aromatic heterocycles. The first-order valence-electron chi connectivity index (χ1n) is 0.716. The Morgan fingerprint density at radius 3 is 1.11 bits per heavy atom. The molecule has 0 atom stereocenters. The van der Waals surface area contributed by atoms with Gasteiger partial charge in [0.1, 0.15) is 0 Å². The van der Waals surface area contributed by atoms with Crippen molar-refractivity contribution in [3.05, 3.63) is 0 Å². The molecule has 0 heterocycles. The first-order chi connectivity index (χ1) is 1.73. The maximum Gasteiger partial charge on any atom is 4.00 e. The summed E-state index contributed by atoms with van der Waals surface area (Å²) in [7, 11) is 0. The van der Waals surface area contributed by atoms with E-state index in [0.717, 1.165) is 0 Å². The molecule has 0 radical (unpaired) electrons. The van der Waals surface area contributed by atoms with Gasteiger partial charge in [0.15, 0.2) is 0 Å². The van der Waals surface area contributed by atoms with Gasteiger partial charge in [-0.3, -0.25) is 0 Å². The van der Waals surface area contributed by atoms with Crippen molar-refractivity contribution in [3.8, 4) is 0 Å². The average molecular weight is 294 g/mol. The summed E-state index contributed by atoms with van der Waals surface area (Å²) >= 11 is 0. The van der Waals surface area contributed by atoms with Crippen molar-refractivity contribution in [1.82, 2.24) is 0 Å². The van der Waals surface area contributed by atoms with Crippen LogP contribution in [0.25, 0.3) is 0 Å². The third-order valence-corrected chi connectivity index (χ3v) is 0. The molecule has 1 amide bonds. The van der Waals surface area contributed by atoms with Crippen LogP contribution in [0.15, 0.2) is 0 Å². The number of carboxylic acid groups (broad SMARTS) is 1. The number of rotatable bonds is 0. The summed E-state index contributed by atoms with van der Waals surface area (Å²) < 4.78 is 0. The Morgan fingerprint density at radius 1 is 1.11 bits per heavy atom. The van der Waals surface area contributed by atoms with Crippen LogP contribution in [0.3, 0.4) is 0 Å². The Hall–Kier alpha value is 1.31. The van der Waals surface area contributed by atoms with E-state index in [2.05, 4.69) is 5.73 Å². The van der Waals surface area contributed by atoms with Gasteiger partial charge in [-0.1, -0.05) is 0 Å². The fourth-order valence-electron chi connectivity index (χ4n) is 0. The number of carbonyl (C=O) groups is 1. The fourth-order valence-corrected chi connectivity index (χ4v) is 0. The SMILES string of the molecule is NC(=O)O.[Cl-].[Cl-].[Cl-].[Cl-].[Zr+4]. The zero-order chi connectivity index (χ0) is 3.58. The van der Waals surface area contributed by atoms with Crippen LogP contribution in [-0.2, 0) is 26.2 Å². The minimum atomic E-state index is -1.33. The zero-order valence-electron chi connectivity index (χ0n) is 3.94. The molecule has 0 saturated heterocycles. The van der Waals surface area contributed by atoms with Crippen LogP contribution in [0.1, 0.15) is 0 Å². The van der Waals surface area contributed by atoms with Crippen molar-refractivity contribution in [2.75, 3.05) is 0 Å². The van der Waals surface area contributed by atoms with Gasteiger partial charge < -0.3 is 60.5 Å². The molecular weight excluding hydrogens is 291 g/mol. The predicted octanol–water partition coefficient (Wildman–Crippen LogP) is -12.4. The van der Waals surface area contributed by atoms with Crippen molar-refractivity contribution in [1.29, 1.82) is 0 Å². The monoisotopic (exact) mass is 291 g/mol. The van der Waals surface area contributed by atoms with E-state index in [-0.39, 0.29) is 75.8 Å². The van der Waals surface area contributed by atoms with Crippen molar-refractivity contribution >= 4 is 6.09 Å². The molecule has 0 bridgehead atoms. The topological polar surface area (TPSA) is 63.3 Å². The number of amides is 1. The minimum absolute atomic E-state index is 0. The quantitative estimate of drug-likeness (QED) is 0.466. The van der Waals surface area contributed by atoms with E-state index in [9.17, 15) is 0 Å². The molecular formula is CH3Cl4NO2Zr. The van der Waals surface area contributed by atoms with Crippen LogP contribution in [0.4, 0.5) is 4.79 Å². The summed E-state index contributed by atoms with van der Waals surface area (Å²) in [5.41, 5.74) is 4.03. The van der Waals surface area contributed by atoms with Gasteiger partial charge in [-0.15, -0.1) is 0 Å². The second-order valence-electron chi connectivity index (χ2n) is 0.338. The zero-order valence-corrected chi connectivity index (χ0v) is 9.43. The summed E-state index contributed by atoms with van der Waals surface area (Å²) in [5.74, 6) is 0. The predicted molar refractivity (Wildman–Crippen MR) is 12.2 cm³/mol. The molecule has 0 fully saturated rings. The van der Waals surface area contributed by atoms with Gasteiger partial charge in [0.05, 0.1) is 0 Å². The number of nitrogens with two attached hydrogens (primary N) is 1. The number of hydrogen-bond acceptors (Lipinski definition) is 1. The van der Waals surface area contributed by atoms with Crippen LogP contribution in [0.5, 0.6) is 0 Å². The van der Waals surface area contributed by atoms with E-state index < -0.39 is 6.09 Å². The summed E-state index contributed by atoms with van der Waals surface area (Å²) in [6.45, 7) is 0. The Morgan fingerprint density at radius 2 is 1.11 bits per heavy atom. The molecule has 0 unspecified atom stereocenters. The molecule has 0 aromatic carbocycles. The standard InChI is InChI=1S/CH3NO2.4ClH.Zr/c2-1(3)4;;;;;/h2H2,(H,3,4);4*1H;/q;;;;;+4/p-4. The van der Waals surface area contributed by atoms with Crippen LogP contribution in [0.2, 0.25) is 0 Å². The summed E-state index contributed by atoms with van der Waals surface area (Å²) in [6, 6.07) is 0. The summed E-state index contributed by atoms with van der Waals surface area (Å²) in [5, 5.41) is 7.19. The van der Waals surface area contributed by atoms with E-state index in [1.165, 1.54) is 0 Å². The Bertz CT molecular complexity index is 41.5. The Kier molecular flexibility index (Phi) is 185. The van der Waals surface area contributed by atoms with E-state index >= 15 is 0 Å². The van der Waals surface area contributed by atoms with Crippen molar-refractivity contribution in [2.24, 2.45) is 5.73 Å². The molecule has 0 aliphatic carbocycles. The molecule has 0 saturated carbocycles. The van der Waals surface area contributed by atoms with Crippen LogP contribution in [-0.4, -0.2) is 11.2 Å². The molecule has 3 N–H and O–H groups in total. The normalized spacial score (nSPS) is 2.67. The number of primary amides is 1. The molecule has 0 spiro atoms. The third-order valence-electron chi connectivity index (χ3n) is 0. The van der Waals surface area contributed by atoms with Gasteiger partial charge in [-0.05, 0) is 0 Å². The second-order valence-corrected chi connectivity index (χ2v) is 0.338. The van der Waals surface area contributed by atoms with Gasteiger partial charge in [0.2, 0.25) is 0 Å². The smallest absolute Gasteiger partial charge is 1.00 e. The third kappa shape index (κ3) is 289. The van der Waals surface area contributed by atoms with Crippen molar-refractivity contribution in [2.45, 2.75) is 0 Å². The van der Waals surface area contributed by atoms with Crippen LogP contribution in [0, 0.1) is 0 Å². The molecule has 0 aliphatic rings. The van der Waals surface area contributed by atoms with Gasteiger partial charge in [-0.25, -0.2) is 4.79 Å². The fraction of sp³-hybridized carbons (Fsp3) is 0. The molecule has 3 nitrogen and oxygen atoms in total. The molecule has 0 aliphatic heterocycles. The summed E-state index contributed by atoms with van der Waals surface area (Å²) in [4.78, 5) is 8.78. The number of hydrogen-bond donors (Lipinski definition) is 2. The largest absolute Gasteiger partial charge is 4.00 e. The van der Waals surface area contributed by atoms with Gasteiger partial charge >= 0.3 is 32.3 Å². The first kappa shape index (κ1) is 48.1. The van der Waals surface area contributed by atoms with E-state index in [1.54, 1.807) is 0 Å². The molecule has 8 heteroatoms. The Balaban J connectivity index is -0.00000000450. The number of halogens is 4. The molecule has 9 heavy (non-hydrogen) atoms. The molecule has 0 rings (SSSR count). The second kappa shape index (κ2) is 34.6. The van der Waals surface area contributed by atoms with Gasteiger partial charge in [0.25, 0.3) is 0 Å². The van der Waals surface area contributed by atoms with Crippen molar-refractivity contribution < 1.29 is 85.7 Å². The Labute approximate surface area is 96.9 Å². The van der Waals surface area contributed by atoms with E-state index in [4.69, 9.17) is 9.90 Å². The molecule has 0 aromatic rings. The van der Waals surface area contributed by atoms with E-state index in [1.807, 2.05) is 0 Å². The van der Waals surface area contributed by atoms with Crippen molar-refractivity contribution in [3.63, 3.8) is 0 Å². The van der Waals surface area contributed by atoms with Gasteiger partial charge in [0, 0.05) is 0 Å². The molecule has 56 valence electrons. The first-order valence-corrected chi connectivity index (χ1v) is 0.716. The summed E-state index contributed by atoms with van der Waals surface area (Å²) in [6.07, 6.45) is -1.33. The maximum atomic E-state index is 8.78. The average Bonchev–Trinajstić information content (AvgIpc) is 0.811. The van der Waals surface area contributed by atoms with Crippen LogP contribution < -0.4 is 55.4 Å². The van der Waals surface area contributed by atoms with E-state index in [0.29, 0.717) is 0 Å². The minimum Gasteiger partial charge on any atom is -1.00 e. The maximum absolute atomic E-state index is 8.78. The van der Waals surface area contributed by atoms with Gasteiger partial charge in [-0.2, -0.15) is 0 Å². The van der Waals surface area contributed by atoms with Crippen LogP contribution >= 0.6 is 0 Å².